The third-order valence-corrected chi connectivity index (χ3v) is 3.61. The molecule has 1 aromatic rings. The molecular formula is C15H24N2O. The van der Waals surface area contributed by atoms with Crippen LogP contribution in [-0.4, -0.2) is 37.7 Å². The summed E-state index contributed by atoms with van der Waals surface area (Å²) >= 11 is 0. The molecule has 1 aliphatic heterocycles. The second-order valence-electron chi connectivity index (χ2n) is 4.92. The van der Waals surface area contributed by atoms with Crippen LogP contribution in [0.4, 0.5) is 0 Å². The van der Waals surface area contributed by atoms with E-state index in [0.29, 0.717) is 6.04 Å². The maximum Gasteiger partial charge on any atom is 0.119 e. The number of rotatable bonds is 5. The van der Waals surface area contributed by atoms with E-state index in [1.165, 1.54) is 31.5 Å². The number of nitrogens with zero attached hydrogens (tertiary/aromatic N) is 1. The second kappa shape index (κ2) is 6.76. The quantitative estimate of drug-likeness (QED) is 0.865. The van der Waals surface area contributed by atoms with E-state index in [4.69, 9.17) is 4.74 Å². The van der Waals surface area contributed by atoms with Crippen LogP contribution in [0.3, 0.4) is 0 Å². The maximum absolute atomic E-state index is 5.54. The van der Waals surface area contributed by atoms with Gasteiger partial charge < -0.3 is 10.1 Å². The molecule has 2 rings (SSSR count). The van der Waals surface area contributed by atoms with Crippen LogP contribution in [0.15, 0.2) is 24.3 Å². The van der Waals surface area contributed by atoms with Crippen LogP contribution < -0.4 is 10.1 Å². The van der Waals surface area contributed by atoms with Gasteiger partial charge >= 0.3 is 0 Å². The number of likely N-dealkylation sites (tertiary alicyclic amines) is 1. The minimum atomic E-state index is 0.705. The molecule has 1 fully saturated rings. The Morgan fingerprint density at radius 3 is 2.78 bits per heavy atom. The van der Waals surface area contributed by atoms with Gasteiger partial charge in [0.25, 0.3) is 0 Å². The zero-order valence-electron chi connectivity index (χ0n) is 11.5. The van der Waals surface area contributed by atoms with Gasteiger partial charge in [-0.1, -0.05) is 12.1 Å². The van der Waals surface area contributed by atoms with E-state index in [-0.39, 0.29) is 0 Å². The largest absolute Gasteiger partial charge is 0.494 e. The highest BCUT2D eigenvalue weighted by atomic mass is 16.5. The van der Waals surface area contributed by atoms with Gasteiger partial charge in [-0.05, 0) is 57.6 Å². The van der Waals surface area contributed by atoms with Crippen molar-refractivity contribution in [2.45, 2.75) is 32.4 Å². The molecule has 0 atom stereocenters. The summed E-state index contributed by atoms with van der Waals surface area (Å²) in [5, 5.41) is 3.37. The minimum Gasteiger partial charge on any atom is -0.494 e. The summed E-state index contributed by atoms with van der Waals surface area (Å²) in [5.74, 6) is 0.986. The first kappa shape index (κ1) is 13.4. The average Bonchev–Trinajstić information content (AvgIpc) is 2.40. The summed E-state index contributed by atoms with van der Waals surface area (Å²) in [4.78, 5) is 2.53. The monoisotopic (exact) mass is 248 g/mol. The molecule has 1 saturated heterocycles. The Labute approximate surface area is 110 Å². The summed E-state index contributed by atoms with van der Waals surface area (Å²) in [6.07, 6.45) is 2.50. The van der Waals surface area contributed by atoms with Crippen molar-refractivity contribution in [2.75, 3.05) is 26.7 Å². The fraction of sp³-hybridized carbons (Fsp3) is 0.600. The molecule has 3 nitrogen and oxygen atoms in total. The van der Waals surface area contributed by atoms with Gasteiger partial charge in [-0.15, -0.1) is 0 Å². The van der Waals surface area contributed by atoms with Crippen molar-refractivity contribution in [1.82, 2.24) is 10.2 Å². The molecule has 18 heavy (non-hydrogen) atoms. The van der Waals surface area contributed by atoms with E-state index in [1.54, 1.807) is 0 Å². The zero-order chi connectivity index (χ0) is 12.8. The van der Waals surface area contributed by atoms with Crippen LogP contribution in [0, 0.1) is 0 Å². The normalized spacial score (nSPS) is 17.9. The van der Waals surface area contributed by atoms with Gasteiger partial charge in [0, 0.05) is 12.6 Å². The standard InChI is InChI=1S/C15H24N2O/c1-3-18-15-6-4-5-13(11-15)12-17-9-7-14(16-2)8-10-17/h4-6,11,14,16H,3,7-10,12H2,1-2H3. The van der Waals surface area contributed by atoms with Gasteiger partial charge in [-0.2, -0.15) is 0 Å². The van der Waals surface area contributed by atoms with Crippen LogP contribution >= 0.6 is 0 Å². The molecular weight excluding hydrogens is 224 g/mol. The molecule has 0 amide bonds. The molecule has 0 saturated carbocycles. The molecule has 0 aliphatic carbocycles. The molecule has 1 heterocycles. The Balaban J connectivity index is 1.87. The third kappa shape index (κ3) is 3.72. The van der Waals surface area contributed by atoms with E-state index in [0.717, 1.165) is 18.9 Å². The molecule has 1 N–H and O–H groups in total. The number of nitrogens with one attached hydrogen (secondary N) is 1. The van der Waals surface area contributed by atoms with Gasteiger partial charge in [-0.3, -0.25) is 4.90 Å². The van der Waals surface area contributed by atoms with E-state index >= 15 is 0 Å². The zero-order valence-corrected chi connectivity index (χ0v) is 11.5. The molecule has 1 aliphatic rings. The highest BCUT2D eigenvalue weighted by Gasteiger charge is 2.17. The molecule has 0 bridgehead atoms. The minimum absolute atomic E-state index is 0.705. The van der Waals surface area contributed by atoms with Gasteiger partial charge in [0.15, 0.2) is 0 Å². The second-order valence-corrected chi connectivity index (χ2v) is 4.92. The van der Waals surface area contributed by atoms with Crippen LogP contribution in [0.1, 0.15) is 25.3 Å². The van der Waals surface area contributed by atoms with Gasteiger partial charge in [0.1, 0.15) is 5.75 Å². The molecule has 0 spiro atoms. The summed E-state index contributed by atoms with van der Waals surface area (Å²) in [6.45, 7) is 6.16. The number of benzene rings is 1. The van der Waals surface area contributed by atoms with Crippen molar-refractivity contribution >= 4 is 0 Å². The lowest BCUT2D eigenvalue weighted by molar-refractivity contribution is 0.194. The predicted octanol–water partition coefficient (Wildman–Crippen LogP) is 2.27. The highest BCUT2D eigenvalue weighted by molar-refractivity contribution is 5.28. The molecule has 0 radical (unpaired) electrons. The Morgan fingerprint density at radius 1 is 1.33 bits per heavy atom. The number of piperidine rings is 1. The predicted molar refractivity (Wildman–Crippen MR) is 75.0 cm³/mol. The summed E-state index contributed by atoms with van der Waals surface area (Å²) in [6, 6.07) is 9.16. The van der Waals surface area contributed by atoms with Gasteiger partial charge in [0.2, 0.25) is 0 Å². The topological polar surface area (TPSA) is 24.5 Å². The SMILES string of the molecule is CCOc1cccc(CN2CCC(NC)CC2)c1. The number of hydrogen-bond donors (Lipinski definition) is 1. The lowest BCUT2D eigenvalue weighted by atomic mass is 10.0. The van der Waals surface area contributed by atoms with Crippen molar-refractivity contribution in [3.63, 3.8) is 0 Å². The molecule has 100 valence electrons. The fourth-order valence-electron chi connectivity index (χ4n) is 2.54. The smallest absolute Gasteiger partial charge is 0.119 e. The van der Waals surface area contributed by atoms with Crippen molar-refractivity contribution in [3.8, 4) is 5.75 Å². The summed E-state index contributed by atoms with van der Waals surface area (Å²) in [7, 11) is 2.06. The first-order valence-corrected chi connectivity index (χ1v) is 6.93. The van der Waals surface area contributed by atoms with E-state index in [9.17, 15) is 0 Å². The fourth-order valence-corrected chi connectivity index (χ4v) is 2.54. The first-order chi connectivity index (χ1) is 8.81. The molecule has 1 aromatic carbocycles. The summed E-state index contributed by atoms with van der Waals surface area (Å²) < 4.78 is 5.54. The lowest BCUT2D eigenvalue weighted by Gasteiger charge is -2.31. The molecule has 0 aromatic heterocycles. The third-order valence-electron chi connectivity index (χ3n) is 3.61. The van der Waals surface area contributed by atoms with Crippen LogP contribution in [0.25, 0.3) is 0 Å². The number of hydrogen-bond acceptors (Lipinski definition) is 3. The van der Waals surface area contributed by atoms with E-state index < -0.39 is 0 Å². The Morgan fingerprint density at radius 2 is 2.11 bits per heavy atom. The van der Waals surface area contributed by atoms with Crippen molar-refractivity contribution in [2.24, 2.45) is 0 Å². The molecule has 3 heteroatoms. The highest BCUT2D eigenvalue weighted by Crippen LogP contribution is 2.17. The van der Waals surface area contributed by atoms with Gasteiger partial charge in [-0.25, -0.2) is 0 Å². The lowest BCUT2D eigenvalue weighted by Crippen LogP contribution is -2.40. The average molecular weight is 248 g/mol. The van der Waals surface area contributed by atoms with E-state index in [1.807, 2.05) is 13.0 Å². The Hall–Kier alpha value is -1.06. The Bertz CT molecular complexity index is 359. The van der Waals surface area contributed by atoms with Crippen molar-refractivity contribution in [1.29, 1.82) is 0 Å². The summed E-state index contributed by atoms with van der Waals surface area (Å²) in [5.41, 5.74) is 1.35. The van der Waals surface area contributed by atoms with Crippen LogP contribution in [0.2, 0.25) is 0 Å². The van der Waals surface area contributed by atoms with Crippen molar-refractivity contribution < 1.29 is 4.74 Å². The van der Waals surface area contributed by atoms with E-state index in [2.05, 4.69) is 35.5 Å². The first-order valence-electron chi connectivity index (χ1n) is 6.93. The van der Waals surface area contributed by atoms with Crippen LogP contribution in [0.5, 0.6) is 5.75 Å². The maximum atomic E-state index is 5.54. The molecule has 0 unspecified atom stereocenters. The van der Waals surface area contributed by atoms with Crippen LogP contribution in [-0.2, 0) is 6.54 Å². The Kier molecular flexibility index (Phi) is 5.02. The van der Waals surface area contributed by atoms with Gasteiger partial charge in [0.05, 0.1) is 6.61 Å². The number of ether oxygens (including phenoxy) is 1. The van der Waals surface area contributed by atoms with Crippen molar-refractivity contribution in [3.05, 3.63) is 29.8 Å².